The van der Waals surface area contributed by atoms with Crippen LogP contribution in [0.25, 0.3) is 0 Å². The summed E-state index contributed by atoms with van der Waals surface area (Å²) >= 11 is 0. The fraction of sp³-hybridized carbons (Fsp3) is 0.400. The molecule has 106 valence electrons. The van der Waals surface area contributed by atoms with Gasteiger partial charge in [0, 0.05) is 18.2 Å². The van der Waals surface area contributed by atoms with Crippen LogP contribution < -0.4 is 0 Å². The average Bonchev–Trinajstić information content (AvgIpc) is 3.26. The lowest BCUT2D eigenvalue weighted by Crippen LogP contribution is -2.35. The number of carbonyl (C=O) groups excluding carboxylic acids is 1. The van der Waals surface area contributed by atoms with E-state index in [4.69, 9.17) is 10.2 Å². The first-order valence-electron chi connectivity index (χ1n) is 6.48. The molecule has 0 spiro atoms. The first-order chi connectivity index (χ1) is 9.67. The molecule has 0 heterocycles. The molecular formula is C15H16FNO3. The van der Waals surface area contributed by atoms with Crippen molar-refractivity contribution in [3.63, 3.8) is 0 Å². The van der Waals surface area contributed by atoms with Crippen molar-refractivity contribution in [1.29, 1.82) is 0 Å². The fourth-order valence-corrected chi connectivity index (χ4v) is 2.04. The van der Waals surface area contributed by atoms with Crippen LogP contribution in [0.3, 0.4) is 0 Å². The van der Waals surface area contributed by atoms with E-state index >= 15 is 0 Å². The molecule has 20 heavy (non-hydrogen) atoms. The van der Waals surface area contributed by atoms with Gasteiger partial charge in [0.2, 0.25) is 0 Å². The molecule has 1 aliphatic carbocycles. The minimum atomic E-state index is -0.482. The highest BCUT2D eigenvalue weighted by molar-refractivity contribution is 5.97. The summed E-state index contributed by atoms with van der Waals surface area (Å²) in [6, 6.07) is 3.94. The number of nitrogens with zero attached hydrogens (tertiary/aromatic N) is 1. The van der Waals surface area contributed by atoms with E-state index in [0.29, 0.717) is 5.56 Å². The zero-order valence-corrected chi connectivity index (χ0v) is 11.0. The third-order valence-corrected chi connectivity index (χ3v) is 3.10. The molecule has 1 saturated carbocycles. The topological polar surface area (TPSA) is 60.8 Å². The van der Waals surface area contributed by atoms with Gasteiger partial charge in [-0.3, -0.25) is 4.79 Å². The quantitative estimate of drug-likeness (QED) is 0.799. The molecule has 0 radical (unpaired) electrons. The Morgan fingerprint density at radius 2 is 2.15 bits per heavy atom. The summed E-state index contributed by atoms with van der Waals surface area (Å²) in [5.41, 5.74) is 0.556. The minimum Gasteiger partial charge on any atom is -0.395 e. The van der Waals surface area contributed by atoms with E-state index in [2.05, 4.69) is 11.8 Å². The van der Waals surface area contributed by atoms with Gasteiger partial charge in [-0.25, -0.2) is 4.39 Å². The van der Waals surface area contributed by atoms with Gasteiger partial charge in [0.1, 0.15) is 12.4 Å². The SMILES string of the molecule is O=C(c1ccc(F)cc1C#CCO)N(CCO)C1CC1. The molecule has 4 nitrogen and oxygen atoms in total. The molecule has 0 saturated heterocycles. The van der Waals surface area contributed by atoms with Crippen LogP contribution >= 0.6 is 0 Å². The largest absolute Gasteiger partial charge is 0.395 e. The van der Waals surface area contributed by atoms with Gasteiger partial charge in [0.25, 0.3) is 5.91 Å². The molecular weight excluding hydrogens is 261 g/mol. The second-order valence-electron chi connectivity index (χ2n) is 4.60. The van der Waals surface area contributed by atoms with Gasteiger partial charge in [0.05, 0.1) is 12.2 Å². The van der Waals surface area contributed by atoms with Crippen molar-refractivity contribution in [2.45, 2.75) is 18.9 Å². The second-order valence-corrected chi connectivity index (χ2v) is 4.60. The minimum absolute atomic E-state index is 0.110. The van der Waals surface area contributed by atoms with Gasteiger partial charge >= 0.3 is 0 Å². The first kappa shape index (κ1) is 14.5. The normalized spacial score (nSPS) is 13.6. The second kappa shape index (κ2) is 6.51. The van der Waals surface area contributed by atoms with Crippen LogP contribution in [0, 0.1) is 17.7 Å². The third-order valence-electron chi connectivity index (χ3n) is 3.10. The van der Waals surface area contributed by atoms with Crippen LogP contribution in [0.2, 0.25) is 0 Å². The van der Waals surface area contributed by atoms with Crippen molar-refractivity contribution in [2.75, 3.05) is 19.8 Å². The molecule has 2 N–H and O–H groups in total. The van der Waals surface area contributed by atoms with Crippen LogP contribution in [0.1, 0.15) is 28.8 Å². The van der Waals surface area contributed by atoms with Gasteiger partial charge in [-0.1, -0.05) is 11.8 Å². The fourth-order valence-electron chi connectivity index (χ4n) is 2.04. The maximum Gasteiger partial charge on any atom is 0.255 e. The lowest BCUT2D eigenvalue weighted by Gasteiger charge is -2.22. The smallest absolute Gasteiger partial charge is 0.255 e. The highest BCUT2D eigenvalue weighted by atomic mass is 19.1. The summed E-state index contributed by atoms with van der Waals surface area (Å²) in [5.74, 6) is 4.27. The van der Waals surface area contributed by atoms with Gasteiger partial charge in [-0.05, 0) is 31.0 Å². The molecule has 1 fully saturated rings. The standard InChI is InChI=1S/C15H16FNO3/c16-12-3-6-14(11(10-12)2-1-8-18)15(20)17(7-9-19)13-4-5-13/h3,6,10,13,18-19H,4-5,7-9H2. The molecule has 0 atom stereocenters. The van der Waals surface area contributed by atoms with Crippen LogP contribution in [0.15, 0.2) is 18.2 Å². The number of aliphatic hydroxyl groups excluding tert-OH is 2. The number of carbonyl (C=O) groups is 1. The highest BCUT2D eigenvalue weighted by Crippen LogP contribution is 2.28. The Bertz CT molecular complexity index is 558. The van der Waals surface area contributed by atoms with E-state index in [1.807, 2.05) is 0 Å². The summed E-state index contributed by atoms with van der Waals surface area (Å²) in [6.07, 6.45) is 1.84. The van der Waals surface area contributed by atoms with Crippen molar-refractivity contribution in [1.82, 2.24) is 4.90 Å². The van der Waals surface area contributed by atoms with E-state index in [9.17, 15) is 9.18 Å². The van der Waals surface area contributed by atoms with Crippen molar-refractivity contribution in [3.05, 3.63) is 35.1 Å². The van der Waals surface area contributed by atoms with E-state index in [0.717, 1.165) is 12.8 Å². The van der Waals surface area contributed by atoms with Gasteiger partial charge in [-0.15, -0.1) is 0 Å². The Kier molecular flexibility index (Phi) is 4.72. The Morgan fingerprint density at radius 3 is 2.75 bits per heavy atom. The zero-order valence-electron chi connectivity index (χ0n) is 11.0. The summed E-state index contributed by atoms with van der Waals surface area (Å²) in [7, 11) is 0. The summed E-state index contributed by atoms with van der Waals surface area (Å²) in [5, 5.41) is 17.8. The number of rotatable bonds is 4. The zero-order chi connectivity index (χ0) is 14.5. The number of benzene rings is 1. The summed E-state index contributed by atoms with van der Waals surface area (Å²) in [4.78, 5) is 14.1. The molecule has 0 aromatic heterocycles. The molecule has 2 rings (SSSR count). The van der Waals surface area contributed by atoms with Crippen molar-refractivity contribution in [3.8, 4) is 11.8 Å². The van der Waals surface area contributed by atoms with E-state index < -0.39 is 5.82 Å². The van der Waals surface area contributed by atoms with Crippen LogP contribution in [0.4, 0.5) is 4.39 Å². The number of halogens is 1. The molecule has 0 unspecified atom stereocenters. The monoisotopic (exact) mass is 277 g/mol. The molecule has 1 aromatic rings. The van der Waals surface area contributed by atoms with Crippen LogP contribution in [0.5, 0.6) is 0 Å². The highest BCUT2D eigenvalue weighted by Gasteiger charge is 2.33. The Balaban J connectivity index is 2.32. The Labute approximate surface area is 116 Å². The summed E-state index contributed by atoms with van der Waals surface area (Å²) < 4.78 is 13.3. The van der Waals surface area contributed by atoms with Gasteiger partial charge < -0.3 is 15.1 Å². The maximum atomic E-state index is 13.3. The Hall–Kier alpha value is -1.90. The number of amides is 1. The molecule has 1 aliphatic rings. The van der Waals surface area contributed by atoms with Crippen molar-refractivity contribution >= 4 is 5.91 Å². The van der Waals surface area contributed by atoms with Crippen molar-refractivity contribution < 1.29 is 19.4 Å². The molecule has 5 heteroatoms. The lowest BCUT2D eigenvalue weighted by atomic mass is 10.1. The van der Waals surface area contributed by atoms with Crippen LogP contribution in [-0.2, 0) is 0 Å². The third kappa shape index (κ3) is 3.35. The number of aliphatic hydroxyl groups is 2. The first-order valence-corrected chi connectivity index (χ1v) is 6.48. The van der Waals surface area contributed by atoms with E-state index in [-0.39, 0.29) is 37.3 Å². The molecule has 0 aliphatic heterocycles. The van der Waals surface area contributed by atoms with Gasteiger partial charge in [-0.2, -0.15) is 0 Å². The van der Waals surface area contributed by atoms with Crippen LogP contribution in [-0.4, -0.2) is 46.8 Å². The number of hydrogen-bond acceptors (Lipinski definition) is 3. The lowest BCUT2D eigenvalue weighted by molar-refractivity contribution is 0.0707. The molecule has 0 bridgehead atoms. The maximum absolute atomic E-state index is 13.3. The predicted octanol–water partition coefficient (Wildman–Crippen LogP) is 0.766. The predicted molar refractivity (Wildman–Crippen MR) is 71.5 cm³/mol. The van der Waals surface area contributed by atoms with Crippen molar-refractivity contribution in [2.24, 2.45) is 0 Å². The number of hydrogen-bond donors (Lipinski definition) is 2. The Morgan fingerprint density at radius 1 is 1.40 bits per heavy atom. The molecule has 1 aromatic carbocycles. The van der Waals surface area contributed by atoms with E-state index in [1.165, 1.54) is 18.2 Å². The summed E-state index contributed by atoms with van der Waals surface area (Å²) in [6.45, 7) is -0.206. The average molecular weight is 277 g/mol. The van der Waals surface area contributed by atoms with E-state index in [1.54, 1.807) is 4.90 Å². The molecule has 1 amide bonds. The van der Waals surface area contributed by atoms with Gasteiger partial charge in [0.15, 0.2) is 0 Å².